The van der Waals surface area contributed by atoms with Gasteiger partial charge in [0, 0.05) is 0 Å². The number of phenolic OH excluding ortho intramolecular Hbond substituents is 1. The van der Waals surface area contributed by atoms with Gasteiger partial charge in [-0.2, -0.15) is 0 Å². The molecule has 0 radical (unpaired) electrons. The maximum atomic E-state index is 12.0. The molecule has 0 fully saturated rings. The summed E-state index contributed by atoms with van der Waals surface area (Å²) in [5.74, 6) is -1.55. The van der Waals surface area contributed by atoms with Gasteiger partial charge in [-0.3, -0.25) is 0 Å². The van der Waals surface area contributed by atoms with Gasteiger partial charge in [-0.25, -0.2) is 9.59 Å². The second kappa shape index (κ2) is 6.56. The molecule has 1 N–H and O–H groups in total. The van der Waals surface area contributed by atoms with Crippen molar-refractivity contribution < 1.29 is 24.2 Å². The van der Waals surface area contributed by atoms with E-state index in [0.717, 1.165) is 5.56 Å². The van der Waals surface area contributed by atoms with E-state index in [2.05, 4.69) is 4.74 Å². The van der Waals surface area contributed by atoms with Gasteiger partial charge in [0.2, 0.25) is 0 Å². The quantitative estimate of drug-likeness (QED) is 0.874. The van der Waals surface area contributed by atoms with Gasteiger partial charge < -0.3 is 14.6 Å². The summed E-state index contributed by atoms with van der Waals surface area (Å²) in [5, 5.41) is 9.70. The number of esters is 2. The first kappa shape index (κ1) is 14.6. The van der Waals surface area contributed by atoms with Crippen LogP contribution in [-0.4, -0.2) is 24.2 Å². The van der Waals surface area contributed by atoms with Gasteiger partial charge in [-0.1, -0.05) is 30.3 Å². The van der Waals surface area contributed by atoms with Crippen LogP contribution in [0, 0.1) is 0 Å². The van der Waals surface area contributed by atoms with Crippen LogP contribution in [0.4, 0.5) is 0 Å². The van der Waals surface area contributed by atoms with Crippen molar-refractivity contribution in [1.82, 2.24) is 0 Å². The minimum absolute atomic E-state index is 0.0752. The lowest BCUT2D eigenvalue weighted by atomic mass is 10.1. The topological polar surface area (TPSA) is 72.8 Å². The summed E-state index contributed by atoms with van der Waals surface area (Å²) in [5.41, 5.74) is 0.922. The Morgan fingerprint density at radius 1 is 1.05 bits per heavy atom. The van der Waals surface area contributed by atoms with Crippen LogP contribution < -0.4 is 0 Å². The van der Waals surface area contributed by atoms with Gasteiger partial charge in [-0.05, 0) is 23.8 Å². The first-order valence-corrected chi connectivity index (χ1v) is 6.24. The van der Waals surface area contributed by atoms with Crippen LogP contribution in [0.1, 0.15) is 26.3 Å². The highest BCUT2D eigenvalue weighted by molar-refractivity contribution is 5.97. The first-order valence-electron chi connectivity index (χ1n) is 6.24. The maximum absolute atomic E-state index is 12.0. The Kier molecular flexibility index (Phi) is 4.56. The molecule has 21 heavy (non-hydrogen) atoms. The zero-order valence-corrected chi connectivity index (χ0v) is 11.4. The van der Waals surface area contributed by atoms with E-state index in [1.54, 1.807) is 0 Å². The lowest BCUT2D eigenvalue weighted by Crippen LogP contribution is -2.08. The largest absolute Gasteiger partial charge is 0.507 e. The van der Waals surface area contributed by atoms with E-state index in [9.17, 15) is 14.7 Å². The molecule has 0 amide bonds. The van der Waals surface area contributed by atoms with Crippen molar-refractivity contribution >= 4 is 11.9 Å². The summed E-state index contributed by atoms with van der Waals surface area (Å²) in [6.45, 7) is 0.0849. The van der Waals surface area contributed by atoms with Crippen LogP contribution in [0.25, 0.3) is 0 Å². The average molecular weight is 286 g/mol. The fourth-order valence-electron chi connectivity index (χ4n) is 1.75. The van der Waals surface area contributed by atoms with Crippen LogP contribution in [0.3, 0.4) is 0 Å². The average Bonchev–Trinajstić information content (AvgIpc) is 2.53. The highest BCUT2D eigenvalue weighted by Gasteiger charge is 2.16. The van der Waals surface area contributed by atoms with Crippen molar-refractivity contribution in [2.45, 2.75) is 6.61 Å². The maximum Gasteiger partial charge on any atom is 0.342 e. The fourth-order valence-corrected chi connectivity index (χ4v) is 1.75. The lowest BCUT2D eigenvalue weighted by Gasteiger charge is -2.08. The molecule has 0 aliphatic carbocycles. The van der Waals surface area contributed by atoms with Crippen molar-refractivity contribution in [2.75, 3.05) is 7.11 Å². The highest BCUT2D eigenvalue weighted by Crippen LogP contribution is 2.20. The van der Waals surface area contributed by atoms with Crippen LogP contribution in [0.15, 0.2) is 48.5 Å². The molecule has 0 saturated carbocycles. The Bertz CT molecular complexity index is 649. The van der Waals surface area contributed by atoms with Gasteiger partial charge >= 0.3 is 11.9 Å². The van der Waals surface area contributed by atoms with E-state index < -0.39 is 11.9 Å². The minimum Gasteiger partial charge on any atom is -0.507 e. The van der Waals surface area contributed by atoms with E-state index in [0.29, 0.717) is 0 Å². The predicted octanol–water partition coefficient (Wildman–Crippen LogP) is 2.54. The molecule has 0 bridgehead atoms. The molecule has 2 aromatic rings. The molecule has 0 atom stereocenters. The molecule has 0 heterocycles. The summed E-state index contributed by atoms with van der Waals surface area (Å²) in [6, 6.07) is 13.0. The van der Waals surface area contributed by atoms with Crippen molar-refractivity contribution in [3.05, 3.63) is 65.2 Å². The summed E-state index contributed by atoms with van der Waals surface area (Å²) in [4.78, 5) is 23.4. The van der Waals surface area contributed by atoms with Crippen molar-refractivity contribution in [2.24, 2.45) is 0 Å². The number of hydrogen-bond acceptors (Lipinski definition) is 5. The Morgan fingerprint density at radius 3 is 2.43 bits per heavy atom. The van der Waals surface area contributed by atoms with Crippen LogP contribution in [0.2, 0.25) is 0 Å². The summed E-state index contributed by atoms with van der Waals surface area (Å²) in [7, 11) is 1.24. The van der Waals surface area contributed by atoms with Crippen molar-refractivity contribution in [1.29, 1.82) is 0 Å². The second-order valence-corrected chi connectivity index (χ2v) is 4.29. The van der Waals surface area contributed by atoms with Gasteiger partial charge in [0.15, 0.2) is 0 Å². The highest BCUT2D eigenvalue weighted by atomic mass is 16.5. The third-order valence-corrected chi connectivity index (χ3v) is 2.85. The number of ether oxygens (including phenoxy) is 2. The number of carbonyl (C=O) groups excluding carboxylic acids is 2. The second-order valence-electron chi connectivity index (χ2n) is 4.29. The normalized spacial score (nSPS) is 9.95. The third-order valence-electron chi connectivity index (χ3n) is 2.85. The summed E-state index contributed by atoms with van der Waals surface area (Å²) < 4.78 is 9.68. The number of benzene rings is 2. The molecule has 0 aliphatic heterocycles. The molecule has 0 unspecified atom stereocenters. The van der Waals surface area contributed by atoms with Gasteiger partial charge in [0.25, 0.3) is 0 Å². The van der Waals surface area contributed by atoms with Gasteiger partial charge in [0.05, 0.1) is 12.7 Å². The summed E-state index contributed by atoms with van der Waals surface area (Å²) in [6.07, 6.45) is 0. The van der Waals surface area contributed by atoms with E-state index in [1.807, 2.05) is 30.3 Å². The molecule has 0 saturated heterocycles. The van der Waals surface area contributed by atoms with E-state index >= 15 is 0 Å². The smallest absolute Gasteiger partial charge is 0.342 e. The lowest BCUT2D eigenvalue weighted by molar-refractivity contribution is 0.0469. The van der Waals surface area contributed by atoms with E-state index in [-0.39, 0.29) is 23.5 Å². The Balaban J connectivity index is 2.13. The molecule has 0 aromatic heterocycles. The fraction of sp³-hybridized carbons (Fsp3) is 0.125. The molecule has 0 aliphatic rings. The van der Waals surface area contributed by atoms with Gasteiger partial charge in [0.1, 0.15) is 17.9 Å². The Labute approximate surface area is 121 Å². The third kappa shape index (κ3) is 3.60. The molecular weight excluding hydrogens is 272 g/mol. The molecular formula is C16H14O5. The van der Waals surface area contributed by atoms with E-state index in [1.165, 1.54) is 25.3 Å². The molecule has 108 valence electrons. The standard InChI is InChI=1S/C16H14O5/c1-20-15(18)12-7-8-14(17)13(9-12)16(19)21-10-11-5-3-2-4-6-11/h2-9,17H,10H2,1H3. The van der Waals surface area contributed by atoms with Gasteiger partial charge in [-0.15, -0.1) is 0 Å². The molecule has 5 heteroatoms. The SMILES string of the molecule is COC(=O)c1ccc(O)c(C(=O)OCc2ccccc2)c1. The zero-order valence-electron chi connectivity index (χ0n) is 11.4. The molecule has 0 spiro atoms. The minimum atomic E-state index is -0.706. The van der Waals surface area contributed by atoms with E-state index in [4.69, 9.17) is 4.74 Å². The van der Waals surface area contributed by atoms with Crippen molar-refractivity contribution in [3.8, 4) is 5.75 Å². The zero-order chi connectivity index (χ0) is 15.2. The number of methoxy groups -OCH3 is 1. The number of phenols is 1. The Morgan fingerprint density at radius 2 is 1.76 bits per heavy atom. The molecule has 2 rings (SSSR count). The number of rotatable bonds is 4. The van der Waals surface area contributed by atoms with Crippen LogP contribution in [-0.2, 0) is 16.1 Å². The number of hydrogen-bond donors (Lipinski definition) is 1. The molecule has 5 nitrogen and oxygen atoms in total. The number of carbonyl (C=O) groups is 2. The first-order chi connectivity index (χ1) is 10.1. The predicted molar refractivity (Wildman–Crippen MR) is 75.0 cm³/mol. The van der Waals surface area contributed by atoms with Crippen molar-refractivity contribution in [3.63, 3.8) is 0 Å². The monoisotopic (exact) mass is 286 g/mol. The van der Waals surface area contributed by atoms with Crippen LogP contribution in [0.5, 0.6) is 5.75 Å². The van der Waals surface area contributed by atoms with Crippen LogP contribution >= 0.6 is 0 Å². The Hall–Kier alpha value is -2.82. The summed E-state index contributed by atoms with van der Waals surface area (Å²) >= 11 is 0. The molecule has 2 aromatic carbocycles. The number of aromatic hydroxyl groups is 1.